The minimum atomic E-state index is -5.46. The molecule has 2 unspecified atom stereocenters. The van der Waals surface area contributed by atoms with Gasteiger partial charge in [-0.2, -0.15) is 0 Å². The molecule has 0 aliphatic heterocycles. The molecule has 0 aliphatic carbocycles. The molecule has 4 aromatic rings. The summed E-state index contributed by atoms with van der Waals surface area (Å²) in [6.45, 7) is 0. The SMILES string of the molecule is O=c1ccc2ccc(OP(=O)([O-])OP(=O)([O-])Oc3ccc4ccc(=O)oc4c3)cc2o1.[Na+].[Na+]. The summed E-state index contributed by atoms with van der Waals surface area (Å²) in [5, 5.41) is 0.962. The Bertz CT molecular complexity index is 1400. The predicted octanol–water partition coefficient (Wildman–Crippen LogP) is -3.68. The second-order valence-corrected chi connectivity index (χ2v) is 8.87. The zero-order valence-electron chi connectivity index (χ0n) is 17.2. The van der Waals surface area contributed by atoms with Crippen LogP contribution in [0, 0.1) is 0 Å². The van der Waals surface area contributed by atoms with Gasteiger partial charge in [-0.3, -0.25) is 9.13 Å². The first-order valence-corrected chi connectivity index (χ1v) is 11.3. The molecule has 0 aliphatic rings. The van der Waals surface area contributed by atoms with Crippen LogP contribution in [0.5, 0.6) is 11.5 Å². The summed E-state index contributed by atoms with van der Waals surface area (Å²) in [6.07, 6.45) is 0. The Morgan fingerprint density at radius 3 is 1.39 bits per heavy atom. The van der Waals surface area contributed by atoms with E-state index in [1.54, 1.807) is 0 Å². The Kier molecular flexibility index (Phi) is 9.37. The third-order valence-electron chi connectivity index (χ3n) is 3.82. The zero-order chi connectivity index (χ0) is 22.2. The Morgan fingerprint density at radius 1 is 0.636 bits per heavy atom. The average Bonchev–Trinajstić information content (AvgIpc) is 2.65. The van der Waals surface area contributed by atoms with Gasteiger partial charge in [0.25, 0.3) is 0 Å². The van der Waals surface area contributed by atoms with Crippen molar-refractivity contribution in [1.29, 1.82) is 0 Å². The quantitative estimate of drug-likeness (QED) is 0.142. The van der Waals surface area contributed by atoms with Crippen LogP contribution in [0.15, 0.2) is 79.1 Å². The summed E-state index contributed by atoms with van der Waals surface area (Å²) in [5.41, 5.74) is -1.31. The maximum Gasteiger partial charge on any atom is 1.00 e. The van der Waals surface area contributed by atoms with Gasteiger partial charge in [0.05, 0.1) is 0 Å². The van der Waals surface area contributed by atoms with Gasteiger partial charge in [-0.1, -0.05) is 0 Å². The summed E-state index contributed by atoms with van der Waals surface area (Å²) in [6, 6.07) is 12.6. The van der Waals surface area contributed by atoms with E-state index in [-0.39, 0.29) is 81.8 Å². The molecule has 0 bridgehead atoms. The van der Waals surface area contributed by atoms with Crippen LogP contribution in [0.4, 0.5) is 0 Å². The van der Waals surface area contributed by atoms with E-state index in [1.807, 2.05) is 0 Å². The molecule has 11 nitrogen and oxygen atoms in total. The van der Waals surface area contributed by atoms with Crippen molar-refractivity contribution in [2.45, 2.75) is 0 Å². The Labute approximate surface area is 229 Å². The Hall–Kier alpha value is -1.20. The van der Waals surface area contributed by atoms with E-state index in [4.69, 9.17) is 8.83 Å². The summed E-state index contributed by atoms with van der Waals surface area (Å²) in [4.78, 5) is 46.6. The molecule has 0 radical (unpaired) electrons. The summed E-state index contributed by atoms with van der Waals surface area (Å²) < 4.78 is 47.2. The van der Waals surface area contributed by atoms with Gasteiger partial charge in [-0.25, -0.2) is 13.9 Å². The van der Waals surface area contributed by atoms with Crippen molar-refractivity contribution in [3.05, 3.63) is 81.5 Å². The molecule has 2 heterocycles. The third-order valence-corrected chi connectivity index (χ3v) is 6.29. The van der Waals surface area contributed by atoms with E-state index in [2.05, 4.69) is 13.4 Å². The molecule has 4 rings (SSSR count). The van der Waals surface area contributed by atoms with Crippen molar-refractivity contribution >= 4 is 37.6 Å². The molecule has 2 aromatic heterocycles. The van der Waals surface area contributed by atoms with Gasteiger partial charge < -0.3 is 27.7 Å². The topological polar surface area (TPSA) is 168 Å². The minimum Gasteiger partial charge on any atom is -0.746 e. The van der Waals surface area contributed by atoms with Crippen LogP contribution in [-0.2, 0) is 13.4 Å². The van der Waals surface area contributed by atoms with E-state index < -0.39 is 26.9 Å². The average molecular weight is 510 g/mol. The summed E-state index contributed by atoms with van der Waals surface area (Å²) >= 11 is 0. The number of fused-ring (bicyclic) bond motifs is 2. The van der Waals surface area contributed by atoms with E-state index in [9.17, 15) is 28.5 Å². The zero-order valence-corrected chi connectivity index (χ0v) is 22.9. The standard InChI is InChI=1S/C18H12O11P2.2Na/c19-17-7-3-11-1-5-13(9-15(11)25-17)27-30(21,22)29-31(23,24)28-14-6-2-12-4-8-18(20)26-16(12)10-14;;/h1-10H,(H,21,22)(H,23,24);;/q;2*+1/p-2. The smallest absolute Gasteiger partial charge is 0.746 e. The molecule has 33 heavy (non-hydrogen) atoms. The van der Waals surface area contributed by atoms with E-state index in [0.717, 1.165) is 12.1 Å². The normalized spacial score (nSPS) is 14.4. The van der Waals surface area contributed by atoms with Crippen LogP contribution in [0.2, 0.25) is 0 Å². The Morgan fingerprint density at radius 2 is 1.00 bits per heavy atom. The molecule has 0 fully saturated rings. The number of hydrogen-bond acceptors (Lipinski definition) is 11. The molecule has 0 saturated carbocycles. The first-order valence-electron chi connectivity index (χ1n) is 8.39. The molecule has 0 N–H and O–H groups in total. The number of rotatable bonds is 6. The monoisotopic (exact) mass is 510 g/mol. The predicted molar refractivity (Wildman–Crippen MR) is 103 cm³/mol. The number of hydrogen-bond donors (Lipinski definition) is 0. The number of benzene rings is 2. The maximum absolute atomic E-state index is 12.0. The molecule has 2 atom stereocenters. The molecular formula is C18H10Na2O11P2. The fourth-order valence-corrected chi connectivity index (χ4v) is 4.60. The van der Waals surface area contributed by atoms with Gasteiger partial charge in [0.15, 0.2) is 0 Å². The van der Waals surface area contributed by atoms with Crippen molar-refractivity contribution in [1.82, 2.24) is 0 Å². The van der Waals surface area contributed by atoms with Crippen LogP contribution in [0.25, 0.3) is 21.9 Å². The van der Waals surface area contributed by atoms with Crippen molar-refractivity contribution in [3.8, 4) is 11.5 Å². The second kappa shape index (κ2) is 11.0. The second-order valence-electron chi connectivity index (χ2n) is 6.07. The van der Waals surface area contributed by atoms with Crippen molar-refractivity contribution < 1.29 is 100 Å². The van der Waals surface area contributed by atoms with Gasteiger partial charge in [0.1, 0.15) is 22.7 Å². The van der Waals surface area contributed by atoms with Gasteiger partial charge in [-0.05, 0) is 36.4 Å². The van der Waals surface area contributed by atoms with Gasteiger partial charge in [0.2, 0.25) is 0 Å². The van der Waals surface area contributed by atoms with E-state index in [1.165, 1.54) is 48.5 Å². The fraction of sp³-hybridized carbons (Fsp3) is 0. The van der Waals surface area contributed by atoms with Gasteiger partial charge in [-0.15, -0.1) is 0 Å². The van der Waals surface area contributed by atoms with Crippen molar-refractivity contribution in [2.75, 3.05) is 0 Å². The van der Waals surface area contributed by atoms with Crippen molar-refractivity contribution in [3.63, 3.8) is 0 Å². The third kappa shape index (κ3) is 7.39. The van der Waals surface area contributed by atoms with Crippen LogP contribution in [0.1, 0.15) is 0 Å². The largest absolute Gasteiger partial charge is 1.00 e. The molecule has 15 heteroatoms. The molecule has 160 valence electrons. The van der Waals surface area contributed by atoms with Gasteiger partial charge in [0, 0.05) is 35.0 Å². The van der Waals surface area contributed by atoms with Crippen molar-refractivity contribution in [2.24, 2.45) is 0 Å². The first-order chi connectivity index (χ1) is 14.6. The molecule has 0 amide bonds. The van der Waals surface area contributed by atoms with Crippen LogP contribution in [0.3, 0.4) is 0 Å². The van der Waals surface area contributed by atoms with Crippen LogP contribution < -0.4 is 89.2 Å². The van der Waals surface area contributed by atoms with Crippen LogP contribution >= 0.6 is 15.6 Å². The van der Waals surface area contributed by atoms with Crippen LogP contribution in [-0.4, -0.2) is 0 Å². The molecule has 0 saturated heterocycles. The molecule has 2 aromatic carbocycles. The summed E-state index contributed by atoms with van der Waals surface area (Å²) in [5.74, 6) is -0.708. The van der Waals surface area contributed by atoms with E-state index >= 15 is 0 Å². The fourth-order valence-electron chi connectivity index (χ4n) is 2.61. The van der Waals surface area contributed by atoms with Gasteiger partial charge >= 0.3 is 86.0 Å². The Balaban J connectivity index is 0.00000193. The maximum atomic E-state index is 12.0. The first kappa shape index (κ1) is 28.0. The number of phosphoric acid groups is 2. The molecular weight excluding hydrogens is 500 g/mol. The molecule has 0 spiro atoms. The van der Waals surface area contributed by atoms with E-state index in [0.29, 0.717) is 10.8 Å². The summed E-state index contributed by atoms with van der Waals surface area (Å²) in [7, 11) is -10.9. The minimum absolute atomic E-state index is 0. The number of phosphoric ester groups is 2.